The summed E-state index contributed by atoms with van der Waals surface area (Å²) in [5.74, 6) is 0.379. The van der Waals surface area contributed by atoms with Crippen molar-refractivity contribution in [3.05, 3.63) is 64.7 Å². The molecule has 0 aliphatic carbocycles. The van der Waals surface area contributed by atoms with Crippen LogP contribution < -0.4 is 4.90 Å². The van der Waals surface area contributed by atoms with Gasteiger partial charge in [0.2, 0.25) is 5.91 Å². The second kappa shape index (κ2) is 7.74. The van der Waals surface area contributed by atoms with Crippen molar-refractivity contribution >= 4 is 33.0 Å². The van der Waals surface area contributed by atoms with Gasteiger partial charge in [0, 0.05) is 23.3 Å². The number of fused-ring (bicyclic) bond motifs is 1. The zero-order valence-corrected chi connectivity index (χ0v) is 18.2. The quantitative estimate of drug-likeness (QED) is 0.742. The number of halogens is 1. The number of hydrogen-bond donors (Lipinski definition) is 0. The first-order chi connectivity index (χ1) is 13.7. The van der Waals surface area contributed by atoms with E-state index < -0.39 is 9.84 Å². The van der Waals surface area contributed by atoms with E-state index in [0.29, 0.717) is 17.5 Å². The van der Waals surface area contributed by atoms with Crippen LogP contribution >= 0.6 is 11.6 Å². The Morgan fingerprint density at radius 1 is 1.03 bits per heavy atom. The Bertz CT molecular complexity index is 1020. The van der Waals surface area contributed by atoms with E-state index in [2.05, 4.69) is 13.8 Å². The molecule has 0 N–H and O–H groups in total. The van der Waals surface area contributed by atoms with Crippen molar-refractivity contribution in [2.24, 2.45) is 0 Å². The van der Waals surface area contributed by atoms with Gasteiger partial charge >= 0.3 is 0 Å². The fraction of sp³-hybridized carbons (Fsp3) is 0.409. The van der Waals surface area contributed by atoms with Crippen LogP contribution in [0.4, 0.5) is 5.69 Å². The molecule has 4 rings (SSSR count). The molecule has 154 valence electrons. The summed E-state index contributed by atoms with van der Waals surface area (Å²) in [6.45, 7) is 4.87. The van der Waals surface area contributed by atoms with Crippen LogP contribution in [0.2, 0.25) is 5.02 Å². The molecule has 2 aromatic carbocycles. The van der Waals surface area contributed by atoms with Gasteiger partial charge in [0.05, 0.1) is 24.1 Å². The number of nitrogens with zero attached hydrogens (tertiary/aromatic N) is 2. The Kier molecular flexibility index (Phi) is 5.44. The van der Waals surface area contributed by atoms with E-state index in [0.717, 1.165) is 11.3 Å². The summed E-state index contributed by atoms with van der Waals surface area (Å²) in [6.07, 6.45) is 0. The molecule has 2 atom stereocenters. The van der Waals surface area contributed by atoms with Crippen molar-refractivity contribution in [2.45, 2.75) is 38.4 Å². The molecule has 0 saturated carbocycles. The minimum atomic E-state index is -3.22. The third-order valence-electron chi connectivity index (χ3n) is 5.87. The summed E-state index contributed by atoms with van der Waals surface area (Å²) in [6, 6.07) is 14.8. The van der Waals surface area contributed by atoms with Gasteiger partial charge in [-0.15, -0.1) is 0 Å². The summed E-state index contributed by atoms with van der Waals surface area (Å²) in [7, 11) is -3.22. The number of sulfone groups is 1. The molecule has 2 aromatic rings. The van der Waals surface area contributed by atoms with Gasteiger partial charge in [0.15, 0.2) is 9.84 Å². The van der Waals surface area contributed by atoms with E-state index in [4.69, 9.17) is 11.6 Å². The van der Waals surface area contributed by atoms with Gasteiger partial charge in [-0.05, 0) is 35.2 Å². The van der Waals surface area contributed by atoms with Gasteiger partial charge < -0.3 is 4.90 Å². The largest absolute Gasteiger partial charge is 0.306 e. The smallest absolute Gasteiger partial charge is 0.241 e. The molecule has 5 nitrogen and oxygen atoms in total. The molecule has 0 spiro atoms. The van der Waals surface area contributed by atoms with Crippen molar-refractivity contribution in [1.82, 2.24) is 4.90 Å². The van der Waals surface area contributed by atoms with Crippen LogP contribution in [0, 0.1) is 0 Å². The number of piperazine rings is 1. The third kappa shape index (κ3) is 4.06. The molecule has 2 aliphatic heterocycles. The van der Waals surface area contributed by atoms with E-state index in [9.17, 15) is 13.2 Å². The first-order valence-corrected chi connectivity index (χ1v) is 12.0. The van der Waals surface area contributed by atoms with Crippen LogP contribution in [0.25, 0.3) is 0 Å². The SMILES string of the molecule is CC(C)c1ccc(N2C(=O)CN(Cc3ccccc3Cl)[C@H]3CS(=O)(=O)C[C@H]32)cc1. The van der Waals surface area contributed by atoms with Crippen molar-refractivity contribution in [2.75, 3.05) is 23.0 Å². The molecule has 0 unspecified atom stereocenters. The van der Waals surface area contributed by atoms with E-state index in [1.165, 1.54) is 5.56 Å². The first-order valence-electron chi connectivity index (χ1n) is 9.85. The highest BCUT2D eigenvalue weighted by Crippen LogP contribution is 2.33. The minimum absolute atomic E-state index is 0.00559. The fourth-order valence-electron chi connectivity index (χ4n) is 4.33. The predicted octanol–water partition coefficient (Wildman–Crippen LogP) is 3.48. The van der Waals surface area contributed by atoms with Gasteiger partial charge in [-0.25, -0.2) is 8.42 Å². The van der Waals surface area contributed by atoms with Gasteiger partial charge in [0.25, 0.3) is 0 Å². The molecule has 2 saturated heterocycles. The van der Waals surface area contributed by atoms with Crippen molar-refractivity contribution in [3.63, 3.8) is 0 Å². The molecular formula is C22H25ClN2O3S. The Balaban J connectivity index is 1.65. The molecule has 2 fully saturated rings. The van der Waals surface area contributed by atoms with E-state index in [1.54, 1.807) is 4.90 Å². The number of carbonyl (C=O) groups is 1. The standard InChI is InChI=1S/C22H25ClN2O3S/c1-15(2)16-7-9-18(10-8-16)25-21-14-29(27,28)13-20(21)24(12-22(25)26)11-17-5-3-4-6-19(17)23/h3-10,15,20-21H,11-14H2,1-2H3/t20-,21+/m0/s1. The second-order valence-corrected chi connectivity index (χ2v) is 10.8. The molecule has 0 aromatic heterocycles. The van der Waals surface area contributed by atoms with Crippen LogP contribution in [-0.4, -0.2) is 49.4 Å². The number of hydrogen-bond acceptors (Lipinski definition) is 4. The topological polar surface area (TPSA) is 57.7 Å². The normalized spacial score (nSPS) is 24.1. The summed E-state index contributed by atoms with van der Waals surface area (Å²) < 4.78 is 25.0. The lowest BCUT2D eigenvalue weighted by molar-refractivity contribution is -0.123. The van der Waals surface area contributed by atoms with Crippen molar-refractivity contribution < 1.29 is 13.2 Å². The van der Waals surface area contributed by atoms with E-state index in [-0.39, 0.29) is 36.0 Å². The Morgan fingerprint density at radius 3 is 2.34 bits per heavy atom. The molecule has 0 radical (unpaired) electrons. The number of rotatable bonds is 4. The number of amides is 1. The second-order valence-electron chi connectivity index (χ2n) is 8.22. The molecule has 29 heavy (non-hydrogen) atoms. The molecule has 1 amide bonds. The highest BCUT2D eigenvalue weighted by molar-refractivity contribution is 7.91. The van der Waals surface area contributed by atoms with Crippen LogP contribution in [-0.2, 0) is 21.2 Å². The Hall–Kier alpha value is -1.89. The number of benzene rings is 2. The summed E-state index contributed by atoms with van der Waals surface area (Å²) in [4.78, 5) is 16.8. The molecule has 7 heteroatoms. The van der Waals surface area contributed by atoms with Crippen LogP contribution in [0.15, 0.2) is 48.5 Å². The summed E-state index contributed by atoms with van der Waals surface area (Å²) >= 11 is 6.30. The van der Waals surface area contributed by atoms with Crippen LogP contribution in [0.3, 0.4) is 0 Å². The minimum Gasteiger partial charge on any atom is -0.306 e. The number of carbonyl (C=O) groups excluding carboxylic acids is 1. The summed E-state index contributed by atoms with van der Waals surface area (Å²) in [5.41, 5.74) is 2.86. The lowest BCUT2D eigenvalue weighted by Gasteiger charge is -2.43. The molecule has 2 aliphatic rings. The van der Waals surface area contributed by atoms with E-state index in [1.807, 2.05) is 53.4 Å². The average Bonchev–Trinajstić information content (AvgIpc) is 2.99. The molecule has 2 heterocycles. The fourth-order valence-corrected chi connectivity index (χ4v) is 6.51. The lowest BCUT2D eigenvalue weighted by Crippen LogP contribution is -2.61. The number of anilines is 1. The Labute approximate surface area is 177 Å². The maximum Gasteiger partial charge on any atom is 0.241 e. The summed E-state index contributed by atoms with van der Waals surface area (Å²) in [5, 5.41) is 0.629. The highest BCUT2D eigenvalue weighted by Gasteiger charge is 2.49. The Morgan fingerprint density at radius 2 is 1.69 bits per heavy atom. The maximum atomic E-state index is 13.1. The molecule has 0 bridgehead atoms. The van der Waals surface area contributed by atoms with Crippen LogP contribution in [0.1, 0.15) is 30.9 Å². The lowest BCUT2D eigenvalue weighted by atomic mass is 10.00. The van der Waals surface area contributed by atoms with Gasteiger partial charge in [0.1, 0.15) is 0 Å². The zero-order chi connectivity index (χ0) is 20.8. The highest BCUT2D eigenvalue weighted by atomic mass is 35.5. The van der Waals surface area contributed by atoms with Crippen molar-refractivity contribution in [3.8, 4) is 0 Å². The zero-order valence-electron chi connectivity index (χ0n) is 16.6. The first kappa shape index (κ1) is 20.4. The van der Waals surface area contributed by atoms with E-state index >= 15 is 0 Å². The van der Waals surface area contributed by atoms with Gasteiger partial charge in [-0.2, -0.15) is 0 Å². The monoisotopic (exact) mass is 432 g/mol. The van der Waals surface area contributed by atoms with Crippen molar-refractivity contribution in [1.29, 1.82) is 0 Å². The predicted molar refractivity (Wildman–Crippen MR) is 116 cm³/mol. The van der Waals surface area contributed by atoms with Crippen LogP contribution in [0.5, 0.6) is 0 Å². The third-order valence-corrected chi connectivity index (χ3v) is 7.94. The average molecular weight is 433 g/mol. The maximum absolute atomic E-state index is 13.1. The van der Waals surface area contributed by atoms with Gasteiger partial charge in [-0.1, -0.05) is 55.8 Å². The molecular weight excluding hydrogens is 408 g/mol. The van der Waals surface area contributed by atoms with Gasteiger partial charge in [-0.3, -0.25) is 9.69 Å².